The van der Waals surface area contributed by atoms with Crippen LogP contribution in [0.4, 0.5) is 4.39 Å². The molecule has 2 aromatic rings. The number of benzene rings is 2. The molecule has 3 rings (SSSR count). The van der Waals surface area contributed by atoms with Gasteiger partial charge in [-0.2, -0.15) is 4.99 Å². The van der Waals surface area contributed by atoms with Crippen LogP contribution in [0.15, 0.2) is 58.4 Å². The highest BCUT2D eigenvalue weighted by molar-refractivity contribution is 8.18. The fourth-order valence-electron chi connectivity index (χ4n) is 2.27. The summed E-state index contributed by atoms with van der Waals surface area (Å²) in [6, 6.07) is 13.4. The van der Waals surface area contributed by atoms with Crippen molar-refractivity contribution in [3.8, 4) is 5.75 Å². The van der Waals surface area contributed by atoms with E-state index < -0.39 is 5.91 Å². The summed E-state index contributed by atoms with van der Waals surface area (Å²) in [7, 11) is 0. The lowest BCUT2D eigenvalue weighted by molar-refractivity contribution is -0.117. The number of aliphatic imine (C=N–C) groups is 1. The number of thioether (sulfide) groups is 1. The molecule has 0 saturated carbocycles. The predicted octanol–water partition coefficient (Wildman–Crippen LogP) is 3.51. The molecule has 0 spiro atoms. The van der Waals surface area contributed by atoms with Crippen LogP contribution in [0.2, 0.25) is 0 Å². The van der Waals surface area contributed by atoms with Crippen molar-refractivity contribution in [2.24, 2.45) is 4.99 Å². The molecule has 1 aliphatic heterocycles. The van der Waals surface area contributed by atoms with Crippen molar-refractivity contribution in [2.75, 3.05) is 0 Å². The maximum Gasteiger partial charge on any atom is 0.286 e. The summed E-state index contributed by atoms with van der Waals surface area (Å²) in [6.45, 7) is 1.55. The number of nitrogens with zero attached hydrogens (tertiary/aromatic N) is 1. The zero-order chi connectivity index (χ0) is 18.5. The molecule has 2 aromatic carbocycles. The van der Waals surface area contributed by atoms with Crippen LogP contribution in [0, 0.1) is 5.82 Å². The topological polar surface area (TPSA) is 67.8 Å². The first-order valence-corrected chi connectivity index (χ1v) is 8.59. The largest absolute Gasteiger partial charge is 0.488 e. The van der Waals surface area contributed by atoms with Crippen LogP contribution in [0.1, 0.15) is 18.1 Å². The molecule has 26 heavy (non-hydrogen) atoms. The number of amidine groups is 1. The smallest absolute Gasteiger partial charge is 0.286 e. The predicted molar refractivity (Wildman–Crippen MR) is 99.0 cm³/mol. The molecule has 0 atom stereocenters. The molecule has 7 heteroatoms. The highest BCUT2D eigenvalue weighted by Crippen LogP contribution is 2.30. The van der Waals surface area contributed by atoms with E-state index in [1.807, 2.05) is 12.1 Å². The lowest BCUT2D eigenvalue weighted by atomic mass is 10.2. The van der Waals surface area contributed by atoms with Crippen LogP contribution < -0.4 is 10.1 Å². The van der Waals surface area contributed by atoms with Gasteiger partial charge in [0, 0.05) is 12.5 Å². The van der Waals surface area contributed by atoms with E-state index in [2.05, 4.69) is 10.3 Å². The van der Waals surface area contributed by atoms with Gasteiger partial charge in [-0.3, -0.25) is 9.59 Å². The fraction of sp³-hybridized carbons (Fsp3) is 0.105. The van der Waals surface area contributed by atoms with Gasteiger partial charge in [-0.15, -0.1) is 0 Å². The van der Waals surface area contributed by atoms with Crippen molar-refractivity contribution in [3.63, 3.8) is 0 Å². The molecule has 0 aromatic heterocycles. The maximum atomic E-state index is 13.3. The highest BCUT2D eigenvalue weighted by atomic mass is 32.2. The summed E-state index contributed by atoms with van der Waals surface area (Å²) in [6.07, 6.45) is 1.66. The minimum Gasteiger partial charge on any atom is -0.488 e. The molecule has 0 saturated heterocycles. The average molecular weight is 370 g/mol. The van der Waals surface area contributed by atoms with E-state index >= 15 is 0 Å². The van der Waals surface area contributed by atoms with Gasteiger partial charge in [0.15, 0.2) is 5.17 Å². The monoisotopic (exact) mass is 370 g/mol. The van der Waals surface area contributed by atoms with Gasteiger partial charge < -0.3 is 10.1 Å². The molecular weight excluding hydrogens is 355 g/mol. The number of amides is 2. The van der Waals surface area contributed by atoms with Crippen molar-refractivity contribution in [1.29, 1.82) is 0 Å². The van der Waals surface area contributed by atoms with E-state index in [1.165, 1.54) is 19.1 Å². The lowest BCUT2D eigenvalue weighted by Crippen LogP contribution is -2.23. The molecular formula is C19H15FN2O3S. The minimum absolute atomic E-state index is 0.201. The van der Waals surface area contributed by atoms with Crippen molar-refractivity contribution in [2.45, 2.75) is 13.5 Å². The summed E-state index contributed by atoms with van der Waals surface area (Å²) in [5, 5.41) is 2.76. The fourth-order valence-corrected chi connectivity index (χ4v) is 3.12. The molecule has 0 aliphatic carbocycles. The number of rotatable bonds is 4. The number of para-hydroxylation sites is 1. The molecule has 2 amide bonds. The van der Waals surface area contributed by atoms with E-state index in [0.717, 1.165) is 11.8 Å². The Balaban J connectivity index is 1.75. The maximum absolute atomic E-state index is 13.3. The number of nitrogens with one attached hydrogen (secondary N) is 1. The minimum atomic E-state index is -0.418. The normalized spacial score (nSPS) is 15.1. The number of hydrogen-bond acceptors (Lipinski definition) is 4. The van der Waals surface area contributed by atoms with Gasteiger partial charge in [0.25, 0.3) is 5.91 Å². The van der Waals surface area contributed by atoms with Gasteiger partial charge in [-0.1, -0.05) is 30.3 Å². The third-order valence-electron chi connectivity index (χ3n) is 3.39. The summed E-state index contributed by atoms with van der Waals surface area (Å²) < 4.78 is 19.0. The summed E-state index contributed by atoms with van der Waals surface area (Å²) >= 11 is 1.09. The van der Waals surface area contributed by atoms with E-state index in [1.54, 1.807) is 30.3 Å². The van der Waals surface area contributed by atoms with Crippen molar-refractivity contribution >= 4 is 34.8 Å². The van der Waals surface area contributed by atoms with E-state index in [9.17, 15) is 14.0 Å². The zero-order valence-corrected chi connectivity index (χ0v) is 14.7. The van der Waals surface area contributed by atoms with Crippen molar-refractivity contribution in [1.82, 2.24) is 5.32 Å². The molecule has 0 radical (unpaired) electrons. The Hall–Kier alpha value is -2.93. The molecule has 132 valence electrons. The second kappa shape index (κ2) is 7.97. The Bertz CT molecular complexity index is 925. The van der Waals surface area contributed by atoms with Gasteiger partial charge in [-0.25, -0.2) is 4.39 Å². The SMILES string of the molecule is CC(=O)NC1=NC(=O)/C(=C\c2ccccc2OCc2cccc(F)c2)S1. The number of hydrogen-bond donors (Lipinski definition) is 1. The van der Waals surface area contributed by atoms with Gasteiger partial charge in [0.1, 0.15) is 18.2 Å². The number of carbonyl (C=O) groups excluding carboxylic acids is 2. The Morgan fingerprint density at radius 3 is 2.85 bits per heavy atom. The number of halogens is 1. The van der Waals surface area contributed by atoms with Crippen molar-refractivity contribution < 1.29 is 18.7 Å². The second-order valence-electron chi connectivity index (χ2n) is 5.47. The Morgan fingerprint density at radius 2 is 2.08 bits per heavy atom. The first-order valence-electron chi connectivity index (χ1n) is 7.78. The molecule has 1 aliphatic rings. The van der Waals surface area contributed by atoms with E-state index in [-0.39, 0.29) is 23.5 Å². The molecule has 5 nitrogen and oxygen atoms in total. The average Bonchev–Trinajstić information content (AvgIpc) is 2.92. The standard InChI is InChI=1S/C19H15FN2O3S/c1-12(23)21-19-22-18(24)17(26-19)10-14-6-2-3-8-16(14)25-11-13-5-4-7-15(20)9-13/h2-10H,11H2,1H3,(H,21,22,23,24)/b17-10+. The molecule has 0 fully saturated rings. The lowest BCUT2D eigenvalue weighted by Gasteiger charge is -2.09. The third-order valence-corrected chi connectivity index (χ3v) is 4.29. The van der Waals surface area contributed by atoms with Crippen LogP contribution in [-0.4, -0.2) is 17.0 Å². The van der Waals surface area contributed by atoms with Gasteiger partial charge >= 0.3 is 0 Å². The van der Waals surface area contributed by atoms with Crippen LogP contribution in [0.5, 0.6) is 5.75 Å². The second-order valence-corrected chi connectivity index (χ2v) is 6.50. The summed E-state index contributed by atoms with van der Waals surface area (Å²) in [5.41, 5.74) is 1.40. The Labute approximate surface area is 154 Å². The summed E-state index contributed by atoms with van der Waals surface area (Å²) in [4.78, 5) is 27.3. The van der Waals surface area contributed by atoms with E-state index in [0.29, 0.717) is 21.8 Å². The highest BCUT2D eigenvalue weighted by Gasteiger charge is 2.22. The first kappa shape index (κ1) is 17.9. The molecule has 1 heterocycles. The van der Waals surface area contributed by atoms with Gasteiger partial charge in [-0.05, 0) is 41.6 Å². The van der Waals surface area contributed by atoms with Crippen molar-refractivity contribution in [3.05, 3.63) is 70.4 Å². The van der Waals surface area contributed by atoms with Crippen LogP contribution in [-0.2, 0) is 16.2 Å². The number of carbonyl (C=O) groups is 2. The molecule has 1 N–H and O–H groups in total. The summed E-state index contributed by atoms with van der Waals surface area (Å²) in [5.74, 6) is -0.467. The molecule has 0 unspecified atom stereocenters. The Morgan fingerprint density at radius 1 is 1.27 bits per heavy atom. The van der Waals surface area contributed by atoms with Crippen LogP contribution in [0.25, 0.3) is 6.08 Å². The van der Waals surface area contributed by atoms with E-state index in [4.69, 9.17) is 4.74 Å². The van der Waals surface area contributed by atoms with Crippen LogP contribution in [0.3, 0.4) is 0 Å². The van der Waals surface area contributed by atoms with Gasteiger partial charge in [0.05, 0.1) is 4.91 Å². The molecule has 0 bridgehead atoms. The third kappa shape index (κ3) is 4.58. The van der Waals surface area contributed by atoms with Crippen LogP contribution >= 0.6 is 11.8 Å². The Kier molecular flexibility index (Phi) is 5.48. The number of ether oxygens (including phenoxy) is 1. The quantitative estimate of drug-likeness (QED) is 0.837. The first-order chi connectivity index (χ1) is 12.5. The zero-order valence-electron chi connectivity index (χ0n) is 13.9. The van der Waals surface area contributed by atoms with Gasteiger partial charge in [0.2, 0.25) is 5.91 Å².